The molecule has 0 spiro atoms. The summed E-state index contributed by atoms with van der Waals surface area (Å²) in [5, 5.41) is 9.90. The normalized spacial score (nSPS) is 13.5. The van der Waals surface area contributed by atoms with Gasteiger partial charge in [-0.3, -0.25) is 0 Å². The quantitative estimate of drug-likeness (QED) is 0.809. The van der Waals surface area contributed by atoms with Crippen LogP contribution in [-0.2, 0) is 0 Å². The molecule has 0 radical (unpaired) electrons. The van der Waals surface area contributed by atoms with Crippen molar-refractivity contribution in [2.24, 2.45) is 5.92 Å². The molecule has 0 saturated carbocycles. The Balaban J connectivity index is 2.43. The van der Waals surface area contributed by atoms with Crippen molar-refractivity contribution in [2.45, 2.75) is 39.2 Å². The van der Waals surface area contributed by atoms with Crippen molar-refractivity contribution in [3.8, 4) is 0 Å². The van der Waals surface area contributed by atoms with E-state index in [0.717, 1.165) is 28.6 Å². The molecule has 0 aromatic carbocycles. The van der Waals surface area contributed by atoms with Gasteiger partial charge in [-0.1, -0.05) is 38.3 Å². The molecule has 0 amide bonds. The molecule has 1 N–H and O–H groups in total. The molecule has 0 aliphatic heterocycles. The summed E-state index contributed by atoms with van der Waals surface area (Å²) in [4.78, 5) is 0.954. The van der Waals surface area contributed by atoms with Gasteiger partial charge in [-0.2, -0.15) is 0 Å². The number of halogens is 2. The van der Waals surface area contributed by atoms with Gasteiger partial charge in [0.05, 0.1) is 6.10 Å². The fourth-order valence-electron chi connectivity index (χ4n) is 1.39. The highest BCUT2D eigenvalue weighted by Gasteiger charge is 2.13. The second-order valence-corrected chi connectivity index (χ2v) is 6.65. The Kier molecular flexibility index (Phi) is 5.61. The van der Waals surface area contributed by atoms with Crippen LogP contribution in [0.5, 0.6) is 0 Å². The lowest BCUT2D eigenvalue weighted by molar-refractivity contribution is 0.165. The predicted molar refractivity (Wildman–Crippen MR) is 70.7 cm³/mol. The standard InChI is InChI=1S/C11H16BrClOS/c1-7(2)4-3-5-9(14)10-6-8(12)11(13)15-10/h6-7,9,14H,3-5H2,1-2H3. The average Bonchev–Trinajstić information content (AvgIpc) is 2.46. The molecule has 1 aromatic rings. The maximum absolute atomic E-state index is 9.90. The minimum absolute atomic E-state index is 0.363. The Morgan fingerprint density at radius 3 is 2.60 bits per heavy atom. The van der Waals surface area contributed by atoms with Gasteiger partial charge < -0.3 is 5.11 Å². The Bertz CT molecular complexity index is 292. The van der Waals surface area contributed by atoms with Crippen molar-refractivity contribution in [3.05, 3.63) is 19.8 Å². The summed E-state index contributed by atoms with van der Waals surface area (Å²) in [6.45, 7) is 4.40. The van der Waals surface area contributed by atoms with Crippen LogP contribution < -0.4 is 0 Å². The van der Waals surface area contributed by atoms with Gasteiger partial charge in [0, 0.05) is 9.35 Å². The van der Waals surface area contributed by atoms with Gasteiger partial charge in [-0.25, -0.2) is 0 Å². The Morgan fingerprint density at radius 2 is 2.13 bits per heavy atom. The second kappa shape index (κ2) is 6.24. The van der Waals surface area contributed by atoms with E-state index >= 15 is 0 Å². The molecule has 0 saturated heterocycles. The third-order valence-corrected chi connectivity index (χ3v) is 4.83. The zero-order chi connectivity index (χ0) is 11.4. The van der Waals surface area contributed by atoms with E-state index in [9.17, 15) is 5.11 Å². The number of hydrogen-bond donors (Lipinski definition) is 1. The van der Waals surface area contributed by atoms with Crippen molar-refractivity contribution >= 4 is 38.9 Å². The van der Waals surface area contributed by atoms with Crippen LogP contribution in [0.15, 0.2) is 10.5 Å². The maximum atomic E-state index is 9.90. The summed E-state index contributed by atoms with van der Waals surface area (Å²) in [5.74, 6) is 0.704. The van der Waals surface area contributed by atoms with Crippen LogP contribution in [-0.4, -0.2) is 5.11 Å². The van der Waals surface area contributed by atoms with E-state index in [2.05, 4.69) is 29.8 Å². The minimum Gasteiger partial charge on any atom is -0.388 e. The monoisotopic (exact) mass is 310 g/mol. The zero-order valence-corrected chi connectivity index (χ0v) is 12.1. The van der Waals surface area contributed by atoms with E-state index in [4.69, 9.17) is 11.6 Å². The first-order valence-corrected chi connectivity index (χ1v) is 7.12. The molecular weight excluding hydrogens is 296 g/mol. The van der Waals surface area contributed by atoms with Crippen LogP contribution in [0, 0.1) is 5.92 Å². The first-order chi connectivity index (χ1) is 7.00. The van der Waals surface area contributed by atoms with E-state index in [1.54, 1.807) is 0 Å². The lowest BCUT2D eigenvalue weighted by atomic mass is 10.0. The average molecular weight is 312 g/mol. The van der Waals surface area contributed by atoms with Gasteiger partial charge in [0.25, 0.3) is 0 Å². The predicted octanol–water partition coefficient (Wildman–Crippen LogP) is 5.02. The van der Waals surface area contributed by atoms with Crippen LogP contribution in [0.3, 0.4) is 0 Å². The molecule has 0 fully saturated rings. The largest absolute Gasteiger partial charge is 0.388 e. The number of thiophene rings is 1. The van der Waals surface area contributed by atoms with Gasteiger partial charge in [0.1, 0.15) is 4.34 Å². The Morgan fingerprint density at radius 1 is 1.47 bits per heavy atom. The van der Waals surface area contributed by atoms with Crippen LogP contribution in [0.1, 0.15) is 44.1 Å². The summed E-state index contributed by atoms with van der Waals surface area (Å²) in [6, 6.07) is 1.91. The summed E-state index contributed by atoms with van der Waals surface area (Å²) >= 11 is 10.7. The third-order valence-electron chi connectivity index (χ3n) is 2.25. The van der Waals surface area contributed by atoms with Gasteiger partial charge >= 0.3 is 0 Å². The van der Waals surface area contributed by atoms with E-state index in [1.165, 1.54) is 11.3 Å². The molecule has 86 valence electrons. The molecule has 1 aromatic heterocycles. The van der Waals surface area contributed by atoms with Crippen LogP contribution in [0.4, 0.5) is 0 Å². The van der Waals surface area contributed by atoms with Crippen molar-refractivity contribution in [2.75, 3.05) is 0 Å². The topological polar surface area (TPSA) is 20.2 Å². The van der Waals surface area contributed by atoms with Crippen LogP contribution >= 0.6 is 38.9 Å². The number of aliphatic hydroxyl groups is 1. The second-order valence-electron chi connectivity index (χ2n) is 4.11. The lowest BCUT2D eigenvalue weighted by Gasteiger charge is -2.09. The molecule has 1 rings (SSSR count). The van der Waals surface area contributed by atoms with Gasteiger partial charge in [-0.05, 0) is 34.3 Å². The molecule has 1 unspecified atom stereocenters. The summed E-state index contributed by atoms with van der Waals surface area (Å²) in [6.07, 6.45) is 2.68. The van der Waals surface area contributed by atoms with Crippen LogP contribution in [0.2, 0.25) is 4.34 Å². The van der Waals surface area contributed by atoms with Crippen LogP contribution in [0.25, 0.3) is 0 Å². The zero-order valence-electron chi connectivity index (χ0n) is 8.96. The van der Waals surface area contributed by atoms with Gasteiger partial charge in [-0.15, -0.1) is 11.3 Å². The number of rotatable bonds is 5. The third kappa shape index (κ3) is 4.43. The Hall–Kier alpha value is 0.430. The van der Waals surface area contributed by atoms with Crippen molar-refractivity contribution in [1.29, 1.82) is 0 Å². The molecular formula is C11H16BrClOS. The summed E-state index contributed by atoms with van der Waals surface area (Å²) in [5.41, 5.74) is 0. The molecule has 0 aliphatic carbocycles. The van der Waals surface area contributed by atoms with Gasteiger partial charge in [0.15, 0.2) is 0 Å². The first-order valence-electron chi connectivity index (χ1n) is 5.13. The number of hydrogen-bond acceptors (Lipinski definition) is 2. The van der Waals surface area contributed by atoms with E-state index < -0.39 is 0 Å². The van der Waals surface area contributed by atoms with Crippen molar-refractivity contribution < 1.29 is 5.11 Å². The highest BCUT2D eigenvalue weighted by molar-refractivity contribution is 9.10. The van der Waals surface area contributed by atoms with Gasteiger partial charge in [0.2, 0.25) is 0 Å². The maximum Gasteiger partial charge on any atom is 0.107 e. The summed E-state index contributed by atoms with van der Waals surface area (Å²) < 4.78 is 1.60. The smallest absolute Gasteiger partial charge is 0.107 e. The fraction of sp³-hybridized carbons (Fsp3) is 0.636. The SMILES string of the molecule is CC(C)CCCC(O)c1cc(Br)c(Cl)s1. The number of aliphatic hydroxyl groups excluding tert-OH is 1. The molecule has 4 heteroatoms. The summed E-state index contributed by atoms with van der Waals surface area (Å²) in [7, 11) is 0. The fourth-order valence-corrected chi connectivity index (χ4v) is 3.15. The van der Waals surface area contributed by atoms with E-state index in [-0.39, 0.29) is 6.10 Å². The van der Waals surface area contributed by atoms with E-state index in [0.29, 0.717) is 10.3 Å². The Labute approximate surface area is 109 Å². The van der Waals surface area contributed by atoms with Crippen molar-refractivity contribution in [1.82, 2.24) is 0 Å². The molecule has 1 nitrogen and oxygen atoms in total. The highest BCUT2D eigenvalue weighted by atomic mass is 79.9. The molecule has 1 atom stereocenters. The lowest BCUT2D eigenvalue weighted by Crippen LogP contribution is -1.96. The molecule has 0 bridgehead atoms. The van der Waals surface area contributed by atoms with E-state index in [1.807, 2.05) is 6.07 Å². The molecule has 15 heavy (non-hydrogen) atoms. The molecule has 1 heterocycles. The first kappa shape index (κ1) is 13.5. The highest BCUT2D eigenvalue weighted by Crippen LogP contribution is 2.36. The van der Waals surface area contributed by atoms with Crippen molar-refractivity contribution in [3.63, 3.8) is 0 Å². The minimum atomic E-state index is -0.363. The molecule has 0 aliphatic rings.